The number of hydrogen-bond donors (Lipinski definition) is 1. The smallest absolute Gasteiger partial charge is 0.123 e. The Morgan fingerprint density at radius 1 is 1.00 bits per heavy atom. The summed E-state index contributed by atoms with van der Waals surface area (Å²) >= 11 is 6.63. The molecule has 0 spiro atoms. The molecule has 0 aliphatic rings. The van der Waals surface area contributed by atoms with Gasteiger partial charge in [0.05, 0.1) is 0 Å². The van der Waals surface area contributed by atoms with E-state index in [1.807, 2.05) is 12.1 Å². The first kappa shape index (κ1) is 12.7. The lowest BCUT2D eigenvalue weighted by atomic mass is 10.0. The predicted octanol–water partition coefficient (Wildman–Crippen LogP) is 4.43. The van der Waals surface area contributed by atoms with Crippen molar-refractivity contribution in [3.8, 4) is 0 Å². The van der Waals surface area contributed by atoms with Gasteiger partial charge in [0.25, 0.3) is 0 Å². The zero-order valence-corrected chi connectivity index (χ0v) is 11.9. The molecule has 0 fully saturated rings. The molecule has 0 saturated carbocycles. The van der Waals surface area contributed by atoms with Gasteiger partial charge in [0, 0.05) is 14.5 Å². The number of halogens is 3. The van der Waals surface area contributed by atoms with Crippen molar-refractivity contribution >= 4 is 31.9 Å². The molecule has 0 saturated heterocycles. The molecule has 1 unspecified atom stereocenters. The monoisotopic (exact) mass is 358 g/mol. The van der Waals surface area contributed by atoms with Crippen molar-refractivity contribution in [2.45, 2.75) is 6.10 Å². The summed E-state index contributed by atoms with van der Waals surface area (Å²) in [6.45, 7) is 0. The number of benzene rings is 2. The van der Waals surface area contributed by atoms with Crippen LogP contribution in [0.1, 0.15) is 17.2 Å². The Morgan fingerprint density at radius 3 is 2.29 bits per heavy atom. The van der Waals surface area contributed by atoms with Crippen LogP contribution in [0.15, 0.2) is 51.4 Å². The van der Waals surface area contributed by atoms with Crippen molar-refractivity contribution in [1.29, 1.82) is 0 Å². The van der Waals surface area contributed by atoms with Crippen LogP contribution < -0.4 is 0 Å². The summed E-state index contributed by atoms with van der Waals surface area (Å²) in [5.74, 6) is -0.362. The average molecular weight is 360 g/mol. The molecule has 0 amide bonds. The second kappa shape index (κ2) is 5.29. The Labute approximate surface area is 116 Å². The van der Waals surface area contributed by atoms with Crippen molar-refractivity contribution in [3.05, 3.63) is 68.4 Å². The SMILES string of the molecule is OC(c1ccc(Br)cc1)c1cc(F)ccc1Br. The molecule has 2 aromatic rings. The van der Waals surface area contributed by atoms with Gasteiger partial charge in [0.1, 0.15) is 11.9 Å². The van der Waals surface area contributed by atoms with Crippen LogP contribution >= 0.6 is 31.9 Å². The largest absolute Gasteiger partial charge is 0.384 e. The molecule has 0 aliphatic heterocycles. The third kappa shape index (κ3) is 2.94. The third-order valence-corrected chi connectivity index (χ3v) is 3.69. The van der Waals surface area contributed by atoms with Gasteiger partial charge in [0.2, 0.25) is 0 Å². The highest BCUT2D eigenvalue weighted by molar-refractivity contribution is 9.10. The number of hydrogen-bond acceptors (Lipinski definition) is 1. The maximum Gasteiger partial charge on any atom is 0.123 e. The molecule has 2 rings (SSSR count). The predicted molar refractivity (Wildman–Crippen MR) is 72.3 cm³/mol. The topological polar surface area (TPSA) is 20.2 Å². The minimum Gasteiger partial charge on any atom is -0.384 e. The van der Waals surface area contributed by atoms with Crippen molar-refractivity contribution in [3.63, 3.8) is 0 Å². The molecule has 2 aromatic carbocycles. The van der Waals surface area contributed by atoms with Crippen LogP contribution in [0.25, 0.3) is 0 Å². The normalized spacial score (nSPS) is 12.5. The van der Waals surface area contributed by atoms with Crippen LogP contribution in [0.3, 0.4) is 0 Å². The minimum atomic E-state index is -0.840. The molecule has 0 aliphatic carbocycles. The van der Waals surface area contributed by atoms with Crippen LogP contribution in [0.4, 0.5) is 4.39 Å². The molecule has 17 heavy (non-hydrogen) atoms. The van der Waals surface area contributed by atoms with Crippen molar-refractivity contribution in [2.24, 2.45) is 0 Å². The first-order valence-corrected chi connectivity index (χ1v) is 6.55. The molecule has 0 radical (unpaired) electrons. The second-order valence-corrected chi connectivity index (χ2v) is 5.39. The summed E-state index contributed by atoms with van der Waals surface area (Å²) in [6, 6.07) is 11.5. The molecule has 0 aromatic heterocycles. The number of rotatable bonds is 2. The van der Waals surface area contributed by atoms with Crippen LogP contribution in [-0.4, -0.2) is 5.11 Å². The van der Waals surface area contributed by atoms with Gasteiger partial charge < -0.3 is 5.11 Å². The van der Waals surface area contributed by atoms with Gasteiger partial charge in [-0.05, 0) is 35.9 Å². The molecular weight excluding hydrogens is 351 g/mol. The molecule has 1 N–H and O–H groups in total. The Morgan fingerprint density at radius 2 is 1.65 bits per heavy atom. The zero-order chi connectivity index (χ0) is 12.4. The summed E-state index contributed by atoms with van der Waals surface area (Å²) in [4.78, 5) is 0. The van der Waals surface area contributed by atoms with E-state index in [4.69, 9.17) is 0 Å². The lowest BCUT2D eigenvalue weighted by Gasteiger charge is -2.13. The Balaban J connectivity index is 2.39. The Bertz CT molecular complexity index is 525. The molecule has 1 nitrogen and oxygen atoms in total. The average Bonchev–Trinajstić information content (AvgIpc) is 2.32. The summed E-state index contributed by atoms with van der Waals surface area (Å²) in [5, 5.41) is 10.2. The van der Waals surface area contributed by atoms with Crippen LogP contribution in [0.5, 0.6) is 0 Å². The molecule has 0 heterocycles. The zero-order valence-electron chi connectivity index (χ0n) is 8.70. The van der Waals surface area contributed by atoms with Gasteiger partial charge in [-0.1, -0.05) is 44.0 Å². The highest BCUT2D eigenvalue weighted by atomic mass is 79.9. The second-order valence-electron chi connectivity index (χ2n) is 3.62. The van der Waals surface area contributed by atoms with E-state index in [0.29, 0.717) is 10.0 Å². The van der Waals surface area contributed by atoms with E-state index >= 15 is 0 Å². The highest BCUT2D eigenvalue weighted by Crippen LogP contribution is 2.29. The van der Waals surface area contributed by atoms with Gasteiger partial charge >= 0.3 is 0 Å². The molecule has 0 bridgehead atoms. The standard InChI is InChI=1S/C13H9Br2FO/c14-9-3-1-8(2-4-9)13(17)11-7-10(16)5-6-12(11)15/h1-7,13,17H. The Kier molecular flexibility index (Phi) is 3.97. The number of aliphatic hydroxyl groups is 1. The van der Waals surface area contributed by atoms with E-state index in [2.05, 4.69) is 31.9 Å². The van der Waals surface area contributed by atoms with E-state index in [0.717, 1.165) is 10.0 Å². The highest BCUT2D eigenvalue weighted by Gasteiger charge is 2.14. The summed E-state index contributed by atoms with van der Waals surface area (Å²) in [7, 11) is 0. The Hall–Kier alpha value is -0.710. The fraction of sp³-hybridized carbons (Fsp3) is 0.0769. The fourth-order valence-corrected chi connectivity index (χ4v) is 2.28. The van der Waals surface area contributed by atoms with Crippen molar-refractivity contribution < 1.29 is 9.50 Å². The first-order chi connectivity index (χ1) is 8.08. The van der Waals surface area contributed by atoms with Gasteiger partial charge in [0.15, 0.2) is 0 Å². The molecule has 4 heteroatoms. The lowest BCUT2D eigenvalue weighted by Crippen LogP contribution is -2.01. The first-order valence-electron chi connectivity index (χ1n) is 4.96. The van der Waals surface area contributed by atoms with Crippen LogP contribution in [0, 0.1) is 5.82 Å². The van der Waals surface area contributed by atoms with Gasteiger partial charge in [-0.3, -0.25) is 0 Å². The third-order valence-electron chi connectivity index (χ3n) is 2.44. The molecule has 1 atom stereocenters. The van der Waals surface area contributed by atoms with E-state index in [9.17, 15) is 9.50 Å². The van der Waals surface area contributed by atoms with E-state index in [1.54, 1.807) is 18.2 Å². The van der Waals surface area contributed by atoms with Crippen molar-refractivity contribution in [2.75, 3.05) is 0 Å². The summed E-state index contributed by atoms with van der Waals surface area (Å²) in [5.41, 5.74) is 1.24. The summed E-state index contributed by atoms with van der Waals surface area (Å²) < 4.78 is 14.8. The van der Waals surface area contributed by atoms with Gasteiger partial charge in [-0.25, -0.2) is 4.39 Å². The number of aliphatic hydroxyl groups excluding tert-OH is 1. The summed E-state index contributed by atoms with van der Waals surface area (Å²) in [6.07, 6.45) is -0.840. The van der Waals surface area contributed by atoms with Crippen LogP contribution in [0.2, 0.25) is 0 Å². The van der Waals surface area contributed by atoms with Crippen molar-refractivity contribution in [1.82, 2.24) is 0 Å². The molecule has 88 valence electrons. The lowest BCUT2D eigenvalue weighted by molar-refractivity contribution is 0.219. The van der Waals surface area contributed by atoms with E-state index in [-0.39, 0.29) is 5.82 Å². The van der Waals surface area contributed by atoms with E-state index < -0.39 is 6.10 Å². The fourth-order valence-electron chi connectivity index (χ4n) is 1.55. The quantitative estimate of drug-likeness (QED) is 0.840. The maximum absolute atomic E-state index is 13.1. The van der Waals surface area contributed by atoms with Gasteiger partial charge in [-0.2, -0.15) is 0 Å². The molecular formula is C13H9Br2FO. The minimum absolute atomic E-state index is 0.362. The van der Waals surface area contributed by atoms with Crippen LogP contribution in [-0.2, 0) is 0 Å². The van der Waals surface area contributed by atoms with E-state index in [1.165, 1.54) is 12.1 Å². The van der Waals surface area contributed by atoms with Gasteiger partial charge in [-0.15, -0.1) is 0 Å². The maximum atomic E-state index is 13.1.